The zero-order valence-corrected chi connectivity index (χ0v) is 14.6. The van der Waals surface area contributed by atoms with Gasteiger partial charge >= 0.3 is 0 Å². The van der Waals surface area contributed by atoms with Crippen molar-refractivity contribution >= 4 is 23.3 Å². The second kappa shape index (κ2) is 7.13. The minimum Gasteiger partial charge on any atom is -0.354 e. The molecule has 7 heteroatoms. The Morgan fingerprint density at radius 1 is 1.17 bits per heavy atom. The first-order valence-corrected chi connectivity index (χ1v) is 8.39. The maximum absolute atomic E-state index is 12.7. The van der Waals surface area contributed by atoms with Gasteiger partial charge in [0.15, 0.2) is 0 Å². The Bertz CT molecular complexity index is 731. The molecule has 3 rings (SSSR count). The molecule has 0 unspecified atom stereocenters. The van der Waals surface area contributed by atoms with Crippen LogP contribution in [0.2, 0.25) is 5.02 Å². The summed E-state index contributed by atoms with van der Waals surface area (Å²) in [4.78, 5) is 29.6. The normalized spacial score (nSPS) is 15.3. The van der Waals surface area contributed by atoms with Gasteiger partial charge in [0.1, 0.15) is 17.3 Å². The van der Waals surface area contributed by atoms with Crippen molar-refractivity contribution in [2.75, 3.05) is 31.1 Å². The Labute approximate surface area is 146 Å². The molecule has 0 aromatic carbocycles. The summed E-state index contributed by atoms with van der Waals surface area (Å²) in [7, 11) is 0. The molecule has 126 valence electrons. The average Bonchev–Trinajstić information content (AvgIpc) is 2.79. The molecule has 6 nitrogen and oxygen atoms in total. The van der Waals surface area contributed by atoms with Crippen molar-refractivity contribution in [1.82, 2.24) is 19.9 Å². The first-order chi connectivity index (χ1) is 11.5. The van der Waals surface area contributed by atoms with E-state index in [-0.39, 0.29) is 5.91 Å². The summed E-state index contributed by atoms with van der Waals surface area (Å²) in [5.41, 5.74) is 1.27. The molecule has 0 radical (unpaired) electrons. The van der Waals surface area contributed by atoms with Crippen molar-refractivity contribution in [2.45, 2.75) is 20.3 Å². The minimum atomic E-state index is -0.0439. The number of nitrogens with zero attached hydrogens (tertiary/aromatic N) is 5. The molecule has 0 spiro atoms. The van der Waals surface area contributed by atoms with Crippen LogP contribution < -0.4 is 4.90 Å². The average molecular weight is 346 g/mol. The standard InChI is InChI=1S/C17H20ClN5O/c1-12-11-15(21-13(2)20-12)17(24)23-8-4-7-22(9-10-23)16-14(18)5-3-6-19-16/h3,5-6,11H,4,7-10H2,1-2H3. The van der Waals surface area contributed by atoms with E-state index in [9.17, 15) is 4.79 Å². The van der Waals surface area contributed by atoms with Crippen LogP contribution in [0.5, 0.6) is 0 Å². The maximum Gasteiger partial charge on any atom is 0.272 e. The molecule has 3 heterocycles. The first-order valence-electron chi connectivity index (χ1n) is 8.01. The predicted molar refractivity (Wildman–Crippen MR) is 93.5 cm³/mol. The number of carbonyl (C=O) groups is 1. The highest BCUT2D eigenvalue weighted by atomic mass is 35.5. The maximum atomic E-state index is 12.7. The molecular formula is C17H20ClN5O. The Hall–Kier alpha value is -2.21. The third-order valence-corrected chi connectivity index (χ3v) is 4.30. The lowest BCUT2D eigenvalue weighted by atomic mass is 10.2. The number of pyridine rings is 1. The lowest BCUT2D eigenvalue weighted by molar-refractivity contribution is 0.0760. The number of amides is 1. The van der Waals surface area contributed by atoms with E-state index in [4.69, 9.17) is 11.6 Å². The molecule has 1 saturated heterocycles. The molecule has 0 atom stereocenters. The minimum absolute atomic E-state index is 0.0439. The molecule has 2 aromatic heterocycles. The van der Waals surface area contributed by atoms with E-state index >= 15 is 0 Å². The smallest absolute Gasteiger partial charge is 0.272 e. The van der Waals surface area contributed by atoms with Gasteiger partial charge in [-0.3, -0.25) is 4.79 Å². The second-order valence-electron chi connectivity index (χ2n) is 5.88. The Morgan fingerprint density at radius 3 is 2.75 bits per heavy atom. The fraction of sp³-hybridized carbons (Fsp3) is 0.412. The van der Waals surface area contributed by atoms with Crippen LogP contribution in [0, 0.1) is 13.8 Å². The summed E-state index contributed by atoms with van der Waals surface area (Å²) in [6, 6.07) is 5.40. The summed E-state index contributed by atoms with van der Waals surface area (Å²) in [6.45, 7) is 6.51. The van der Waals surface area contributed by atoms with Crippen LogP contribution in [0.15, 0.2) is 24.4 Å². The van der Waals surface area contributed by atoms with Crippen molar-refractivity contribution in [3.8, 4) is 0 Å². The number of aryl methyl sites for hydroxylation is 2. The Morgan fingerprint density at radius 2 is 2.00 bits per heavy atom. The number of rotatable bonds is 2. The van der Waals surface area contributed by atoms with Gasteiger partial charge in [-0.1, -0.05) is 11.6 Å². The quantitative estimate of drug-likeness (QED) is 0.836. The number of hydrogen-bond donors (Lipinski definition) is 0. The summed E-state index contributed by atoms with van der Waals surface area (Å²) in [5, 5.41) is 0.638. The number of anilines is 1. The molecule has 1 amide bonds. The van der Waals surface area contributed by atoms with Gasteiger partial charge in [-0.25, -0.2) is 15.0 Å². The highest BCUT2D eigenvalue weighted by Gasteiger charge is 2.23. The van der Waals surface area contributed by atoms with E-state index in [0.29, 0.717) is 36.2 Å². The Balaban J connectivity index is 1.73. The number of hydrogen-bond acceptors (Lipinski definition) is 5. The summed E-state index contributed by atoms with van der Waals surface area (Å²) in [5.74, 6) is 1.36. The van der Waals surface area contributed by atoms with Crippen LogP contribution in [-0.2, 0) is 0 Å². The van der Waals surface area contributed by atoms with E-state index in [2.05, 4.69) is 19.9 Å². The largest absolute Gasteiger partial charge is 0.354 e. The van der Waals surface area contributed by atoms with E-state index in [0.717, 1.165) is 24.5 Å². The molecular weight excluding hydrogens is 326 g/mol. The van der Waals surface area contributed by atoms with Crippen LogP contribution in [0.3, 0.4) is 0 Å². The van der Waals surface area contributed by atoms with E-state index in [1.54, 1.807) is 19.2 Å². The summed E-state index contributed by atoms with van der Waals surface area (Å²) < 4.78 is 0. The monoisotopic (exact) mass is 345 g/mol. The molecule has 0 bridgehead atoms. The van der Waals surface area contributed by atoms with Crippen LogP contribution in [0.4, 0.5) is 5.82 Å². The van der Waals surface area contributed by atoms with Gasteiger partial charge < -0.3 is 9.80 Å². The number of aromatic nitrogens is 3. The van der Waals surface area contributed by atoms with Gasteiger partial charge in [0, 0.05) is 38.1 Å². The fourth-order valence-electron chi connectivity index (χ4n) is 2.93. The van der Waals surface area contributed by atoms with Crippen molar-refractivity contribution in [3.05, 3.63) is 46.6 Å². The third-order valence-electron chi connectivity index (χ3n) is 4.01. The van der Waals surface area contributed by atoms with Crippen molar-refractivity contribution in [2.24, 2.45) is 0 Å². The molecule has 0 aliphatic carbocycles. The molecule has 1 fully saturated rings. The highest BCUT2D eigenvalue weighted by Crippen LogP contribution is 2.23. The van der Waals surface area contributed by atoms with Gasteiger partial charge in [0.2, 0.25) is 0 Å². The van der Waals surface area contributed by atoms with Crippen molar-refractivity contribution in [3.63, 3.8) is 0 Å². The predicted octanol–water partition coefficient (Wildman–Crippen LogP) is 2.49. The topological polar surface area (TPSA) is 62.2 Å². The zero-order chi connectivity index (χ0) is 17.1. The van der Waals surface area contributed by atoms with Crippen molar-refractivity contribution in [1.29, 1.82) is 0 Å². The highest BCUT2D eigenvalue weighted by molar-refractivity contribution is 6.32. The lowest BCUT2D eigenvalue weighted by Gasteiger charge is -2.23. The van der Waals surface area contributed by atoms with Crippen LogP contribution in [0.25, 0.3) is 0 Å². The first kappa shape index (κ1) is 16.6. The molecule has 2 aromatic rings. The molecule has 24 heavy (non-hydrogen) atoms. The van der Waals surface area contributed by atoms with Gasteiger partial charge in [0.05, 0.1) is 5.02 Å². The van der Waals surface area contributed by atoms with Crippen LogP contribution in [0.1, 0.15) is 28.4 Å². The lowest BCUT2D eigenvalue weighted by Crippen LogP contribution is -2.36. The fourth-order valence-corrected chi connectivity index (χ4v) is 3.17. The van der Waals surface area contributed by atoms with Gasteiger partial charge in [-0.2, -0.15) is 0 Å². The van der Waals surface area contributed by atoms with E-state index < -0.39 is 0 Å². The number of halogens is 1. The summed E-state index contributed by atoms with van der Waals surface area (Å²) >= 11 is 6.24. The summed E-state index contributed by atoms with van der Waals surface area (Å²) in [6.07, 6.45) is 2.60. The molecule has 0 N–H and O–H groups in total. The van der Waals surface area contributed by atoms with E-state index in [1.807, 2.05) is 24.0 Å². The van der Waals surface area contributed by atoms with Crippen LogP contribution in [-0.4, -0.2) is 51.9 Å². The Kier molecular flexibility index (Phi) is 4.94. The van der Waals surface area contributed by atoms with Gasteiger partial charge in [0.25, 0.3) is 5.91 Å². The van der Waals surface area contributed by atoms with Crippen molar-refractivity contribution < 1.29 is 4.79 Å². The van der Waals surface area contributed by atoms with Crippen LogP contribution >= 0.6 is 11.6 Å². The van der Waals surface area contributed by atoms with Gasteiger partial charge in [-0.15, -0.1) is 0 Å². The third kappa shape index (κ3) is 3.64. The molecule has 1 aliphatic heterocycles. The molecule has 0 saturated carbocycles. The SMILES string of the molecule is Cc1cc(C(=O)N2CCCN(c3ncccc3Cl)CC2)nc(C)n1. The van der Waals surface area contributed by atoms with E-state index in [1.165, 1.54) is 0 Å². The van der Waals surface area contributed by atoms with Gasteiger partial charge in [-0.05, 0) is 38.5 Å². The molecule has 1 aliphatic rings. The number of carbonyl (C=O) groups excluding carboxylic acids is 1. The zero-order valence-electron chi connectivity index (χ0n) is 13.9. The second-order valence-corrected chi connectivity index (χ2v) is 6.29.